The normalized spacial score (nSPS) is 10.6. The van der Waals surface area contributed by atoms with E-state index in [0.717, 1.165) is 34.7 Å². The fourth-order valence-electron chi connectivity index (χ4n) is 3.17. The predicted octanol–water partition coefficient (Wildman–Crippen LogP) is 5.47. The van der Waals surface area contributed by atoms with Gasteiger partial charge in [0.2, 0.25) is 0 Å². The number of amides is 1. The number of rotatable bonds is 7. The number of para-hydroxylation sites is 1. The summed E-state index contributed by atoms with van der Waals surface area (Å²) in [6.45, 7) is 2.67. The van der Waals surface area contributed by atoms with Crippen LogP contribution in [0.2, 0.25) is 0 Å². The summed E-state index contributed by atoms with van der Waals surface area (Å²) in [5, 5.41) is 2.90. The molecular formula is C25H23N3O2. The highest BCUT2D eigenvalue weighted by molar-refractivity contribution is 5.93. The second-order valence-electron chi connectivity index (χ2n) is 6.89. The van der Waals surface area contributed by atoms with E-state index in [1.165, 1.54) is 0 Å². The van der Waals surface area contributed by atoms with Crippen LogP contribution in [0.15, 0.2) is 91.4 Å². The average molecular weight is 397 g/mol. The van der Waals surface area contributed by atoms with Crippen molar-refractivity contribution in [2.24, 2.45) is 0 Å². The molecule has 0 aliphatic carbocycles. The molecule has 5 heteroatoms. The third-order valence-corrected chi connectivity index (χ3v) is 4.70. The molecule has 0 atom stereocenters. The molecule has 0 spiro atoms. The van der Waals surface area contributed by atoms with Gasteiger partial charge in [0.15, 0.2) is 0 Å². The van der Waals surface area contributed by atoms with Gasteiger partial charge in [-0.25, -0.2) is 4.98 Å². The second-order valence-corrected chi connectivity index (χ2v) is 6.89. The van der Waals surface area contributed by atoms with Gasteiger partial charge in [0.05, 0.1) is 12.5 Å². The summed E-state index contributed by atoms with van der Waals surface area (Å²) in [5.74, 6) is 1.47. The predicted molar refractivity (Wildman–Crippen MR) is 118 cm³/mol. The zero-order valence-corrected chi connectivity index (χ0v) is 16.8. The Morgan fingerprint density at radius 3 is 2.47 bits per heavy atom. The second kappa shape index (κ2) is 9.09. The number of benzene rings is 3. The van der Waals surface area contributed by atoms with Crippen molar-refractivity contribution >= 4 is 5.91 Å². The van der Waals surface area contributed by atoms with Gasteiger partial charge in [0, 0.05) is 12.2 Å². The molecule has 0 aliphatic rings. The summed E-state index contributed by atoms with van der Waals surface area (Å²) in [6.07, 6.45) is 4.14. The maximum atomic E-state index is 12.4. The van der Waals surface area contributed by atoms with Gasteiger partial charge in [-0.1, -0.05) is 49.4 Å². The minimum Gasteiger partial charge on any atom is -0.457 e. The number of nitrogens with one attached hydrogen (secondary N) is 1. The van der Waals surface area contributed by atoms with Crippen LogP contribution in [0.25, 0.3) is 16.8 Å². The molecule has 4 aromatic rings. The molecule has 0 saturated carbocycles. The molecule has 0 unspecified atom stereocenters. The van der Waals surface area contributed by atoms with E-state index in [1.807, 2.05) is 85.8 Å². The van der Waals surface area contributed by atoms with Crippen molar-refractivity contribution < 1.29 is 9.53 Å². The van der Waals surface area contributed by atoms with Gasteiger partial charge in [0.1, 0.15) is 17.2 Å². The maximum Gasteiger partial charge on any atom is 0.269 e. The standard InChI is InChI=1S/C25H23N3O2/c1-2-15-27-25(29)24-17-26-18-28(24)21-8-6-7-20(16-21)19-11-13-23(14-12-19)30-22-9-4-3-5-10-22/h3-14,16-18H,2,15H2,1H3,(H,27,29). The van der Waals surface area contributed by atoms with Crippen LogP contribution < -0.4 is 10.1 Å². The molecule has 5 nitrogen and oxygen atoms in total. The van der Waals surface area contributed by atoms with Crippen molar-refractivity contribution in [2.45, 2.75) is 13.3 Å². The number of carbonyl (C=O) groups excluding carboxylic acids is 1. The van der Waals surface area contributed by atoms with Crippen LogP contribution in [0, 0.1) is 0 Å². The molecule has 1 amide bonds. The van der Waals surface area contributed by atoms with Gasteiger partial charge < -0.3 is 10.1 Å². The summed E-state index contributed by atoms with van der Waals surface area (Å²) in [4.78, 5) is 16.6. The Bertz CT molecular complexity index is 1120. The lowest BCUT2D eigenvalue weighted by Gasteiger charge is -2.11. The zero-order valence-electron chi connectivity index (χ0n) is 16.8. The molecule has 4 rings (SSSR count). The van der Waals surface area contributed by atoms with Crippen LogP contribution in [0.5, 0.6) is 11.5 Å². The average Bonchev–Trinajstić information content (AvgIpc) is 3.29. The summed E-state index contributed by atoms with van der Waals surface area (Å²) in [7, 11) is 0. The summed E-state index contributed by atoms with van der Waals surface area (Å²) in [5.41, 5.74) is 3.52. The lowest BCUT2D eigenvalue weighted by atomic mass is 10.0. The van der Waals surface area contributed by atoms with Gasteiger partial charge >= 0.3 is 0 Å². The molecule has 0 saturated heterocycles. The third-order valence-electron chi connectivity index (χ3n) is 4.70. The van der Waals surface area contributed by atoms with Crippen LogP contribution in [0.4, 0.5) is 0 Å². The molecule has 0 fully saturated rings. The number of hydrogen-bond donors (Lipinski definition) is 1. The highest BCUT2D eigenvalue weighted by Gasteiger charge is 2.13. The molecule has 3 aromatic carbocycles. The van der Waals surface area contributed by atoms with Crippen molar-refractivity contribution in [1.29, 1.82) is 0 Å². The Morgan fingerprint density at radius 2 is 1.70 bits per heavy atom. The van der Waals surface area contributed by atoms with Gasteiger partial charge in [-0.3, -0.25) is 9.36 Å². The smallest absolute Gasteiger partial charge is 0.269 e. The molecular weight excluding hydrogens is 374 g/mol. The van der Waals surface area contributed by atoms with Crippen LogP contribution in [0.1, 0.15) is 23.8 Å². The lowest BCUT2D eigenvalue weighted by Crippen LogP contribution is -2.26. The number of imidazole rings is 1. The van der Waals surface area contributed by atoms with Gasteiger partial charge in [-0.05, 0) is 53.9 Å². The van der Waals surface area contributed by atoms with Crippen molar-refractivity contribution in [1.82, 2.24) is 14.9 Å². The summed E-state index contributed by atoms with van der Waals surface area (Å²) in [6, 6.07) is 25.7. The zero-order chi connectivity index (χ0) is 20.8. The molecule has 30 heavy (non-hydrogen) atoms. The number of hydrogen-bond acceptors (Lipinski definition) is 3. The number of carbonyl (C=O) groups is 1. The van der Waals surface area contributed by atoms with E-state index >= 15 is 0 Å². The topological polar surface area (TPSA) is 56.2 Å². The third kappa shape index (κ3) is 4.41. The number of ether oxygens (including phenoxy) is 1. The van der Waals surface area contributed by atoms with E-state index < -0.39 is 0 Å². The highest BCUT2D eigenvalue weighted by Crippen LogP contribution is 2.27. The van der Waals surface area contributed by atoms with Crippen molar-refractivity contribution in [3.63, 3.8) is 0 Å². The quantitative estimate of drug-likeness (QED) is 0.450. The first-order valence-corrected chi connectivity index (χ1v) is 9.99. The minimum absolute atomic E-state index is 0.123. The molecule has 1 heterocycles. The largest absolute Gasteiger partial charge is 0.457 e. The monoisotopic (exact) mass is 397 g/mol. The first kappa shape index (κ1) is 19.5. The van der Waals surface area contributed by atoms with Crippen molar-refractivity contribution in [3.05, 3.63) is 97.1 Å². The summed E-state index contributed by atoms with van der Waals surface area (Å²) >= 11 is 0. The SMILES string of the molecule is CCCNC(=O)c1cncn1-c1cccc(-c2ccc(Oc3ccccc3)cc2)c1. The van der Waals surface area contributed by atoms with E-state index in [4.69, 9.17) is 4.74 Å². The van der Waals surface area contributed by atoms with Gasteiger partial charge in [-0.15, -0.1) is 0 Å². The van der Waals surface area contributed by atoms with Crippen LogP contribution in [0.3, 0.4) is 0 Å². The first-order valence-electron chi connectivity index (χ1n) is 9.99. The van der Waals surface area contributed by atoms with Crippen LogP contribution >= 0.6 is 0 Å². The van der Waals surface area contributed by atoms with E-state index in [2.05, 4.69) is 10.3 Å². The first-order chi connectivity index (χ1) is 14.7. The van der Waals surface area contributed by atoms with E-state index in [0.29, 0.717) is 12.2 Å². The maximum absolute atomic E-state index is 12.4. The molecule has 0 radical (unpaired) electrons. The van der Waals surface area contributed by atoms with Gasteiger partial charge in [-0.2, -0.15) is 0 Å². The number of nitrogens with zero attached hydrogens (tertiary/aromatic N) is 2. The Balaban J connectivity index is 1.56. The summed E-state index contributed by atoms with van der Waals surface area (Å²) < 4.78 is 7.68. The van der Waals surface area contributed by atoms with Crippen LogP contribution in [-0.2, 0) is 0 Å². The van der Waals surface area contributed by atoms with Gasteiger partial charge in [0.25, 0.3) is 5.91 Å². The Labute approximate surface area is 176 Å². The van der Waals surface area contributed by atoms with Crippen LogP contribution in [-0.4, -0.2) is 22.0 Å². The highest BCUT2D eigenvalue weighted by atomic mass is 16.5. The Morgan fingerprint density at radius 1 is 0.933 bits per heavy atom. The number of aromatic nitrogens is 2. The Kier molecular flexibility index (Phi) is 5.90. The fourth-order valence-corrected chi connectivity index (χ4v) is 3.17. The Hall–Kier alpha value is -3.86. The molecule has 150 valence electrons. The minimum atomic E-state index is -0.123. The lowest BCUT2D eigenvalue weighted by molar-refractivity contribution is 0.0947. The van der Waals surface area contributed by atoms with E-state index in [9.17, 15) is 4.79 Å². The molecule has 1 N–H and O–H groups in total. The van der Waals surface area contributed by atoms with Crippen molar-refractivity contribution in [3.8, 4) is 28.3 Å². The molecule has 1 aromatic heterocycles. The van der Waals surface area contributed by atoms with E-state index in [-0.39, 0.29) is 5.91 Å². The van der Waals surface area contributed by atoms with Crippen molar-refractivity contribution in [2.75, 3.05) is 6.54 Å². The van der Waals surface area contributed by atoms with E-state index in [1.54, 1.807) is 17.1 Å². The molecule has 0 bridgehead atoms. The molecule has 0 aliphatic heterocycles. The fraction of sp³-hybridized carbons (Fsp3) is 0.120.